The highest BCUT2D eigenvalue weighted by Crippen LogP contribution is 2.19. The van der Waals surface area contributed by atoms with E-state index in [2.05, 4.69) is 59.6 Å². The van der Waals surface area contributed by atoms with Crippen LogP contribution in [0, 0.1) is 0 Å². The summed E-state index contributed by atoms with van der Waals surface area (Å²) in [6, 6.07) is 15.1. The fourth-order valence-electron chi connectivity index (χ4n) is 3.15. The van der Waals surface area contributed by atoms with Crippen LogP contribution < -0.4 is 5.32 Å². The van der Waals surface area contributed by atoms with Crippen LogP contribution in [0.5, 0.6) is 0 Å². The first-order valence-corrected chi connectivity index (χ1v) is 8.38. The molecule has 0 atom stereocenters. The zero-order valence-corrected chi connectivity index (χ0v) is 16.1. The Morgan fingerprint density at radius 3 is 2.61 bits per heavy atom. The molecule has 3 rings (SSSR count). The highest BCUT2D eigenvalue weighted by Gasteiger charge is 2.15. The molecule has 1 N–H and O–H groups in total. The number of nitrogens with zero attached hydrogens (tertiary/aromatic N) is 2. The molecule has 0 saturated carbocycles. The third kappa shape index (κ3) is 4.59. The second-order valence-electron chi connectivity index (χ2n) is 5.82. The minimum atomic E-state index is 0. The number of hydrogen-bond donors (Lipinski definition) is 1. The zero-order valence-electron chi connectivity index (χ0n) is 13.8. The highest BCUT2D eigenvalue weighted by molar-refractivity contribution is 14.0. The lowest BCUT2D eigenvalue weighted by atomic mass is 10.0. The van der Waals surface area contributed by atoms with Gasteiger partial charge in [0.15, 0.2) is 5.96 Å². The molecule has 4 heteroatoms. The molecule has 23 heavy (non-hydrogen) atoms. The van der Waals surface area contributed by atoms with Crippen LogP contribution in [0.25, 0.3) is 10.8 Å². The van der Waals surface area contributed by atoms with Crippen LogP contribution in [0.15, 0.2) is 47.5 Å². The SMILES string of the molecule is CCNC(=NCCc1cccc2ccccc12)N1CCCC1.I. The van der Waals surface area contributed by atoms with Crippen molar-refractivity contribution in [3.05, 3.63) is 48.0 Å². The summed E-state index contributed by atoms with van der Waals surface area (Å²) in [5.41, 5.74) is 1.39. The van der Waals surface area contributed by atoms with E-state index in [-0.39, 0.29) is 24.0 Å². The van der Waals surface area contributed by atoms with Gasteiger partial charge in [0.1, 0.15) is 0 Å². The smallest absolute Gasteiger partial charge is 0.193 e. The third-order valence-electron chi connectivity index (χ3n) is 4.26. The minimum Gasteiger partial charge on any atom is -0.357 e. The number of hydrogen-bond acceptors (Lipinski definition) is 1. The molecule has 0 radical (unpaired) electrons. The van der Waals surface area contributed by atoms with Crippen molar-refractivity contribution in [3.8, 4) is 0 Å². The number of fused-ring (bicyclic) bond motifs is 1. The first kappa shape index (κ1) is 18.0. The highest BCUT2D eigenvalue weighted by atomic mass is 127. The zero-order chi connectivity index (χ0) is 15.2. The lowest BCUT2D eigenvalue weighted by Crippen LogP contribution is -2.39. The van der Waals surface area contributed by atoms with Crippen molar-refractivity contribution in [2.24, 2.45) is 4.99 Å². The average Bonchev–Trinajstić information content (AvgIpc) is 3.08. The molecular formula is C19H26IN3. The van der Waals surface area contributed by atoms with Gasteiger partial charge >= 0.3 is 0 Å². The van der Waals surface area contributed by atoms with Crippen molar-refractivity contribution in [2.45, 2.75) is 26.2 Å². The predicted octanol–water partition coefficient (Wildman–Crippen LogP) is 4.06. The van der Waals surface area contributed by atoms with Gasteiger partial charge in [-0.15, -0.1) is 24.0 Å². The van der Waals surface area contributed by atoms with E-state index in [1.54, 1.807) is 0 Å². The number of nitrogens with one attached hydrogen (secondary N) is 1. The fourth-order valence-corrected chi connectivity index (χ4v) is 3.15. The van der Waals surface area contributed by atoms with Crippen LogP contribution in [0.3, 0.4) is 0 Å². The summed E-state index contributed by atoms with van der Waals surface area (Å²) < 4.78 is 0. The van der Waals surface area contributed by atoms with E-state index in [0.29, 0.717) is 0 Å². The van der Waals surface area contributed by atoms with Crippen LogP contribution >= 0.6 is 24.0 Å². The molecule has 2 aromatic carbocycles. The molecule has 0 aliphatic carbocycles. The van der Waals surface area contributed by atoms with Crippen LogP contribution in [0.2, 0.25) is 0 Å². The normalized spacial score (nSPS) is 14.8. The lowest BCUT2D eigenvalue weighted by molar-refractivity contribution is 0.494. The van der Waals surface area contributed by atoms with Gasteiger partial charge in [-0.2, -0.15) is 0 Å². The Balaban J connectivity index is 0.00000192. The van der Waals surface area contributed by atoms with Crippen LogP contribution in [0.1, 0.15) is 25.3 Å². The Morgan fingerprint density at radius 1 is 1.09 bits per heavy atom. The van der Waals surface area contributed by atoms with Crippen LogP contribution in [0.4, 0.5) is 0 Å². The minimum absolute atomic E-state index is 0. The van der Waals surface area contributed by atoms with Gasteiger partial charge in [0.05, 0.1) is 0 Å². The summed E-state index contributed by atoms with van der Waals surface area (Å²) in [5.74, 6) is 1.08. The van der Waals surface area contributed by atoms with Gasteiger partial charge in [0.2, 0.25) is 0 Å². The van der Waals surface area contributed by atoms with Crippen molar-refractivity contribution in [2.75, 3.05) is 26.2 Å². The van der Waals surface area contributed by atoms with Crippen LogP contribution in [-0.2, 0) is 6.42 Å². The predicted molar refractivity (Wildman–Crippen MR) is 110 cm³/mol. The second-order valence-corrected chi connectivity index (χ2v) is 5.82. The maximum Gasteiger partial charge on any atom is 0.193 e. The molecule has 0 aromatic heterocycles. The maximum absolute atomic E-state index is 4.83. The van der Waals surface area contributed by atoms with E-state index >= 15 is 0 Å². The van der Waals surface area contributed by atoms with Crippen molar-refractivity contribution in [3.63, 3.8) is 0 Å². The molecule has 1 aliphatic heterocycles. The molecule has 0 amide bonds. The van der Waals surface area contributed by atoms with E-state index in [1.807, 2.05) is 0 Å². The monoisotopic (exact) mass is 423 g/mol. The summed E-state index contributed by atoms with van der Waals surface area (Å²) >= 11 is 0. The molecule has 124 valence electrons. The Kier molecular flexibility index (Phi) is 7.15. The van der Waals surface area contributed by atoms with Crippen molar-refractivity contribution in [1.29, 1.82) is 0 Å². The molecule has 0 bridgehead atoms. The quantitative estimate of drug-likeness (QED) is 0.456. The molecule has 0 spiro atoms. The molecule has 1 heterocycles. The molecule has 2 aromatic rings. The van der Waals surface area contributed by atoms with Crippen LogP contribution in [-0.4, -0.2) is 37.0 Å². The molecule has 1 saturated heterocycles. The van der Waals surface area contributed by atoms with E-state index in [4.69, 9.17) is 4.99 Å². The topological polar surface area (TPSA) is 27.6 Å². The molecule has 1 aliphatic rings. The summed E-state index contributed by atoms with van der Waals surface area (Å²) in [6.45, 7) is 6.19. The van der Waals surface area contributed by atoms with E-state index in [1.165, 1.54) is 29.2 Å². The molecule has 1 fully saturated rings. The number of rotatable bonds is 4. The average molecular weight is 423 g/mol. The maximum atomic E-state index is 4.83. The van der Waals surface area contributed by atoms with Gasteiger partial charge in [-0.3, -0.25) is 4.99 Å². The lowest BCUT2D eigenvalue weighted by Gasteiger charge is -2.20. The Bertz CT molecular complexity index is 643. The Morgan fingerprint density at radius 2 is 1.83 bits per heavy atom. The fraction of sp³-hybridized carbons (Fsp3) is 0.421. The first-order chi connectivity index (χ1) is 10.9. The summed E-state index contributed by atoms with van der Waals surface area (Å²) in [5, 5.41) is 6.09. The van der Waals surface area contributed by atoms with Crippen molar-refractivity contribution >= 4 is 40.7 Å². The summed E-state index contributed by atoms with van der Waals surface area (Å²) in [4.78, 5) is 7.21. The van der Waals surface area contributed by atoms with E-state index < -0.39 is 0 Å². The Labute approximate surface area is 156 Å². The second kappa shape index (κ2) is 9.11. The van der Waals surface area contributed by atoms with Gasteiger partial charge in [-0.1, -0.05) is 42.5 Å². The van der Waals surface area contributed by atoms with E-state index in [9.17, 15) is 0 Å². The number of halogens is 1. The number of aliphatic imine (C=N–C) groups is 1. The van der Waals surface area contributed by atoms with Gasteiger partial charge in [-0.25, -0.2) is 0 Å². The van der Waals surface area contributed by atoms with Gasteiger partial charge in [0, 0.05) is 26.2 Å². The summed E-state index contributed by atoms with van der Waals surface area (Å²) in [6.07, 6.45) is 3.56. The molecular weight excluding hydrogens is 397 g/mol. The van der Waals surface area contributed by atoms with E-state index in [0.717, 1.165) is 38.6 Å². The third-order valence-corrected chi connectivity index (χ3v) is 4.26. The number of benzene rings is 2. The largest absolute Gasteiger partial charge is 0.357 e. The van der Waals surface area contributed by atoms with Gasteiger partial charge < -0.3 is 10.2 Å². The van der Waals surface area contributed by atoms with Gasteiger partial charge in [-0.05, 0) is 42.5 Å². The number of guanidine groups is 1. The number of likely N-dealkylation sites (tertiary alicyclic amines) is 1. The first-order valence-electron chi connectivity index (χ1n) is 8.38. The molecule has 0 unspecified atom stereocenters. The Hall–Kier alpha value is -1.30. The van der Waals surface area contributed by atoms with Crippen molar-refractivity contribution in [1.82, 2.24) is 10.2 Å². The standard InChI is InChI=1S/C19H25N3.HI/c1-2-20-19(22-14-5-6-15-22)21-13-12-17-10-7-9-16-8-3-4-11-18(16)17;/h3-4,7-11H,2,5-6,12-15H2,1H3,(H,20,21);1H. The molecule has 3 nitrogen and oxygen atoms in total. The summed E-state index contributed by atoms with van der Waals surface area (Å²) in [7, 11) is 0. The van der Waals surface area contributed by atoms with Gasteiger partial charge in [0.25, 0.3) is 0 Å². The van der Waals surface area contributed by atoms with Crippen molar-refractivity contribution < 1.29 is 0 Å².